The second-order valence-corrected chi connectivity index (χ2v) is 3.67. The normalized spacial score (nSPS) is 10.7. The molecule has 3 aromatic heterocycles. The summed E-state index contributed by atoms with van der Waals surface area (Å²) in [6.07, 6.45) is 6.86. The third-order valence-electron chi connectivity index (χ3n) is 2.31. The van der Waals surface area contributed by atoms with Gasteiger partial charge in [-0.2, -0.15) is 25.1 Å². The van der Waals surface area contributed by atoms with Crippen LogP contribution in [0.1, 0.15) is 0 Å². The third kappa shape index (κ3) is 1.79. The van der Waals surface area contributed by atoms with Crippen LogP contribution in [0.5, 0.6) is 0 Å². The summed E-state index contributed by atoms with van der Waals surface area (Å²) in [5.41, 5.74) is 6.46. The van der Waals surface area contributed by atoms with Crippen molar-refractivity contribution >= 4 is 5.95 Å². The number of rotatable bonds is 2. The standard InChI is InChI=1S/C10H10N8/c1-17-6-7(5-13-17)8-14-9(11)16-10(15-8)18-4-2-3-12-18/h2-6H,1H3,(H2,11,14,15,16). The Labute approximate surface area is 102 Å². The van der Waals surface area contributed by atoms with Crippen LogP contribution in [-0.2, 0) is 7.05 Å². The van der Waals surface area contributed by atoms with Gasteiger partial charge in [0.05, 0.1) is 11.8 Å². The Hall–Kier alpha value is -2.77. The van der Waals surface area contributed by atoms with E-state index in [2.05, 4.69) is 25.1 Å². The molecule has 0 bridgehead atoms. The van der Waals surface area contributed by atoms with Gasteiger partial charge in [-0.05, 0) is 6.07 Å². The molecule has 0 aliphatic heterocycles. The fourth-order valence-corrected chi connectivity index (χ4v) is 1.54. The summed E-state index contributed by atoms with van der Waals surface area (Å²) in [5, 5.41) is 8.12. The SMILES string of the molecule is Cn1cc(-c2nc(N)nc(-n3cccn3)n2)cn1. The van der Waals surface area contributed by atoms with Gasteiger partial charge in [0, 0.05) is 25.6 Å². The van der Waals surface area contributed by atoms with E-state index in [0.29, 0.717) is 11.8 Å². The lowest BCUT2D eigenvalue weighted by Crippen LogP contribution is -2.07. The lowest BCUT2D eigenvalue weighted by molar-refractivity contribution is 0.767. The molecule has 0 radical (unpaired) electrons. The highest BCUT2D eigenvalue weighted by molar-refractivity contribution is 5.54. The minimum absolute atomic E-state index is 0.148. The van der Waals surface area contributed by atoms with Crippen molar-refractivity contribution in [2.45, 2.75) is 0 Å². The first-order chi connectivity index (χ1) is 8.72. The van der Waals surface area contributed by atoms with E-state index in [0.717, 1.165) is 5.56 Å². The monoisotopic (exact) mass is 242 g/mol. The number of nitrogens with zero attached hydrogens (tertiary/aromatic N) is 7. The second kappa shape index (κ2) is 3.91. The van der Waals surface area contributed by atoms with Gasteiger partial charge in [-0.25, -0.2) is 4.68 Å². The van der Waals surface area contributed by atoms with Crippen molar-refractivity contribution in [2.75, 3.05) is 5.73 Å². The maximum atomic E-state index is 5.68. The van der Waals surface area contributed by atoms with Crippen LogP contribution in [0.15, 0.2) is 30.9 Å². The highest BCUT2D eigenvalue weighted by Gasteiger charge is 2.09. The highest BCUT2D eigenvalue weighted by Crippen LogP contribution is 2.15. The van der Waals surface area contributed by atoms with Gasteiger partial charge in [0.25, 0.3) is 5.95 Å². The van der Waals surface area contributed by atoms with Crippen molar-refractivity contribution in [1.82, 2.24) is 34.5 Å². The molecule has 0 atom stereocenters. The van der Waals surface area contributed by atoms with E-state index in [1.165, 1.54) is 4.68 Å². The Kier molecular flexibility index (Phi) is 2.26. The molecule has 3 rings (SSSR count). The van der Waals surface area contributed by atoms with E-state index in [9.17, 15) is 0 Å². The summed E-state index contributed by atoms with van der Waals surface area (Å²) in [5.74, 6) is 1.00. The molecule has 0 saturated carbocycles. The number of nitrogens with two attached hydrogens (primary N) is 1. The summed E-state index contributed by atoms with van der Waals surface area (Å²) < 4.78 is 3.20. The maximum Gasteiger partial charge on any atom is 0.255 e. The molecule has 0 spiro atoms. The van der Waals surface area contributed by atoms with Crippen molar-refractivity contribution in [1.29, 1.82) is 0 Å². The quantitative estimate of drug-likeness (QED) is 0.681. The van der Waals surface area contributed by atoms with Crippen LogP contribution in [0, 0.1) is 0 Å². The van der Waals surface area contributed by atoms with Crippen LogP contribution in [0.3, 0.4) is 0 Å². The van der Waals surface area contributed by atoms with Gasteiger partial charge in [0.2, 0.25) is 5.95 Å². The molecule has 0 saturated heterocycles. The van der Waals surface area contributed by atoms with Crippen molar-refractivity contribution < 1.29 is 0 Å². The Bertz CT molecular complexity index is 669. The van der Waals surface area contributed by atoms with Crippen LogP contribution in [-0.4, -0.2) is 34.5 Å². The van der Waals surface area contributed by atoms with Crippen LogP contribution in [0.2, 0.25) is 0 Å². The second-order valence-electron chi connectivity index (χ2n) is 3.67. The lowest BCUT2D eigenvalue weighted by atomic mass is 10.3. The summed E-state index contributed by atoms with van der Waals surface area (Å²) in [4.78, 5) is 12.4. The zero-order chi connectivity index (χ0) is 12.5. The van der Waals surface area contributed by atoms with Crippen molar-refractivity contribution in [3.05, 3.63) is 30.9 Å². The van der Waals surface area contributed by atoms with Gasteiger partial charge in [-0.1, -0.05) is 0 Å². The molecule has 0 amide bonds. The number of nitrogen functional groups attached to an aromatic ring is 1. The largest absolute Gasteiger partial charge is 0.368 e. The first kappa shape index (κ1) is 10.4. The van der Waals surface area contributed by atoms with E-state index >= 15 is 0 Å². The van der Waals surface area contributed by atoms with E-state index in [-0.39, 0.29) is 5.95 Å². The van der Waals surface area contributed by atoms with Gasteiger partial charge >= 0.3 is 0 Å². The van der Waals surface area contributed by atoms with Crippen LogP contribution in [0.25, 0.3) is 17.3 Å². The molecule has 3 aromatic rings. The molecule has 0 unspecified atom stereocenters. The molecular weight excluding hydrogens is 232 g/mol. The molecule has 0 aliphatic carbocycles. The molecule has 3 heterocycles. The van der Waals surface area contributed by atoms with Gasteiger partial charge in [-0.3, -0.25) is 4.68 Å². The molecule has 0 fully saturated rings. The van der Waals surface area contributed by atoms with Gasteiger partial charge in [0.1, 0.15) is 0 Å². The highest BCUT2D eigenvalue weighted by atomic mass is 15.4. The molecular formula is C10H10N8. The van der Waals surface area contributed by atoms with E-state index in [4.69, 9.17) is 5.73 Å². The molecule has 2 N–H and O–H groups in total. The molecule has 0 aliphatic rings. The number of aryl methyl sites for hydroxylation is 1. The maximum absolute atomic E-state index is 5.68. The van der Waals surface area contributed by atoms with Crippen molar-refractivity contribution in [2.24, 2.45) is 7.05 Å². The topological polar surface area (TPSA) is 100 Å². The van der Waals surface area contributed by atoms with Crippen LogP contribution in [0.4, 0.5) is 5.95 Å². The van der Waals surface area contributed by atoms with Crippen LogP contribution < -0.4 is 5.73 Å². The lowest BCUT2D eigenvalue weighted by Gasteiger charge is -2.02. The summed E-state index contributed by atoms with van der Waals surface area (Å²) in [6, 6.07) is 1.78. The smallest absolute Gasteiger partial charge is 0.255 e. The summed E-state index contributed by atoms with van der Waals surface area (Å²) in [6.45, 7) is 0. The Morgan fingerprint density at radius 1 is 1.17 bits per heavy atom. The van der Waals surface area contributed by atoms with E-state index in [1.807, 2.05) is 13.2 Å². The zero-order valence-corrected chi connectivity index (χ0v) is 9.59. The summed E-state index contributed by atoms with van der Waals surface area (Å²) >= 11 is 0. The molecule has 18 heavy (non-hydrogen) atoms. The minimum Gasteiger partial charge on any atom is -0.368 e. The molecule has 0 aromatic carbocycles. The number of aromatic nitrogens is 7. The average molecular weight is 242 g/mol. The van der Waals surface area contributed by atoms with Gasteiger partial charge in [-0.15, -0.1) is 0 Å². The first-order valence-corrected chi connectivity index (χ1v) is 5.23. The summed E-state index contributed by atoms with van der Waals surface area (Å²) in [7, 11) is 1.82. The fraction of sp³-hybridized carbons (Fsp3) is 0.100. The number of anilines is 1. The average Bonchev–Trinajstić information content (AvgIpc) is 2.98. The Morgan fingerprint density at radius 2 is 2.06 bits per heavy atom. The Morgan fingerprint density at radius 3 is 2.72 bits per heavy atom. The van der Waals surface area contributed by atoms with Gasteiger partial charge in [0.15, 0.2) is 5.82 Å². The van der Waals surface area contributed by atoms with Crippen molar-refractivity contribution in [3.8, 4) is 17.3 Å². The Balaban J connectivity index is 2.11. The predicted octanol–water partition coefficient (Wildman–Crippen LogP) is 0.0400. The van der Waals surface area contributed by atoms with E-state index < -0.39 is 0 Å². The fourth-order valence-electron chi connectivity index (χ4n) is 1.54. The van der Waals surface area contributed by atoms with Crippen LogP contribution >= 0.6 is 0 Å². The molecule has 8 heteroatoms. The number of hydrogen-bond acceptors (Lipinski definition) is 6. The molecule has 8 nitrogen and oxygen atoms in total. The third-order valence-corrected chi connectivity index (χ3v) is 2.31. The minimum atomic E-state index is 0.148. The number of hydrogen-bond donors (Lipinski definition) is 1. The van der Waals surface area contributed by atoms with Gasteiger partial charge < -0.3 is 5.73 Å². The van der Waals surface area contributed by atoms with E-state index in [1.54, 1.807) is 29.3 Å². The van der Waals surface area contributed by atoms with Crippen molar-refractivity contribution in [3.63, 3.8) is 0 Å². The first-order valence-electron chi connectivity index (χ1n) is 5.23. The zero-order valence-electron chi connectivity index (χ0n) is 9.59. The molecule has 90 valence electrons. The predicted molar refractivity (Wildman–Crippen MR) is 63.6 cm³/mol.